The first-order chi connectivity index (χ1) is 11.2. The SMILES string of the molecule is Cc1cccc([C@@H]2C[C@@H](c3ccc(F)cc3)Nc3ncnn32)c1. The summed E-state index contributed by atoms with van der Waals surface area (Å²) in [4.78, 5) is 4.31. The highest BCUT2D eigenvalue weighted by Crippen LogP contribution is 2.37. The maximum absolute atomic E-state index is 13.2. The smallest absolute Gasteiger partial charge is 0.222 e. The summed E-state index contributed by atoms with van der Waals surface area (Å²) in [5.74, 6) is 0.528. The van der Waals surface area contributed by atoms with Crippen molar-refractivity contribution in [2.75, 3.05) is 5.32 Å². The zero-order chi connectivity index (χ0) is 15.8. The summed E-state index contributed by atoms with van der Waals surface area (Å²) in [6, 6.07) is 15.3. The van der Waals surface area contributed by atoms with Gasteiger partial charge in [-0.25, -0.2) is 9.07 Å². The highest BCUT2D eigenvalue weighted by molar-refractivity contribution is 5.38. The van der Waals surface area contributed by atoms with Crippen LogP contribution in [0.3, 0.4) is 0 Å². The second-order valence-electron chi connectivity index (χ2n) is 5.94. The fraction of sp³-hybridized carbons (Fsp3) is 0.222. The summed E-state index contributed by atoms with van der Waals surface area (Å²) in [5.41, 5.74) is 3.49. The number of anilines is 1. The molecule has 0 amide bonds. The first kappa shape index (κ1) is 13.9. The third kappa shape index (κ3) is 2.59. The van der Waals surface area contributed by atoms with Crippen molar-refractivity contribution in [3.63, 3.8) is 0 Å². The molecule has 5 heteroatoms. The maximum Gasteiger partial charge on any atom is 0.222 e. The van der Waals surface area contributed by atoms with Gasteiger partial charge in [0.2, 0.25) is 5.95 Å². The monoisotopic (exact) mass is 308 g/mol. The minimum Gasteiger partial charge on any atom is -0.348 e. The molecule has 2 atom stereocenters. The van der Waals surface area contributed by atoms with Gasteiger partial charge in [0.1, 0.15) is 12.1 Å². The molecule has 23 heavy (non-hydrogen) atoms. The van der Waals surface area contributed by atoms with Gasteiger partial charge in [0, 0.05) is 0 Å². The molecule has 4 rings (SSSR count). The minimum atomic E-state index is -0.219. The molecule has 116 valence electrons. The molecule has 3 aromatic rings. The summed E-state index contributed by atoms with van der Waals surface area (Å²) < 4.78 is 15.1. The van der Waals surface area contributed by atoms with Crippen LogP contribution in [0.1, 0.15) is 35.2 Å². The van der Waals surface area contributed by atoms with Crippen molar-refractivity contribution in [3.05, 3.63) is 77.4 Å². The van der Waals surface area contributed by atoms with E-state index in [0.29, 0.717) is 0 Å². The number of rotatable bonds is 2. The molecule has 0 saturated heterocycles. The van der Waals surface area contributed by atoms with Gasteiger partial charge in [-0.1, -0.05) is 42.0 Å². The Morgan fingerprint density at radius 1 is 1.13 bits per heavy atom. The average Bonchev–Trinajstić information content (AvgIpc) is 3.03. The highest BCUT2D eigenvalue weighted by atomic mass is 19.1. The Morgan fingerprint density at radius 2 is 1.96 bits per heavy atom. The zero-order valence-electron chi connectivity index (χ0n) is 12.8. The number of hydrogen-bond donors (Lipinski definition) is 1. The van der Waals surface area contributed by atoms with E-state index in [9.17, 15) is 4.39 Å². The number of nitrogens with one attached hydrogen (secondary N) is 1. The number of fused-ring (bicyclic) bond motifs is 1. The summed E-state index contributed by atoms with van der Waals surface area (Å²) in [6.07, 6.45) is 2.41. The lowest BCUT2D eigenvalue weighted by Crippen LogP contribution is -2.28. The molecule has 1 aromatic heterocycles. The first-order valence-corrected chi connectivity index (χ1v) is 7.69. The van der Waals surface area contributed by atoms with Crippen LogP contribution in [0.25, 0.3) is 0 Å². The Bertz CT molecular complexity index is 825. The van der Waals surface area contributed by atoms with Crippen molar-refractivity contribution >= 4 is 5.95 Å². The van der Waals surface area contributed by atoms with Crippen molar-refractivity contribution in [1.29, 1.82) is 0 Å². The first-order valence-electron chi connectivity index (χ1n) is 7.69. The molecule has 4 nitrogen and oxygen atoms in total. The Morgan fingerprint density at radius 3 is 2.74 bits per heavy atom. The standard InChI is InChI=1S/C18H17FN4/c1-12-3-2-4-14(9-12)17-10-16(13-5-7-15(19)8-6-13)22-18-20-11-21-23(17)18/h2-9,11,16-17H,10H2,1H3,(H,20,21,22)/t16-,17-/m0/s1. The van der Waals surface area contributed by atoms with Crippen molar-refractivity contribution in [2.45, 2.75) is 25.4 Å². The van der Waals surface area contributed by atoms with E-state index in [4.69, 9.17) is 0 Å². The van der Waals surface area contributed by atoms with Gasteiger partial charge in [-0.3, -0.25) is 0 Å². The Balaban J connectivity index is 1.73. The third-order valence-electron chi connectivity index (χ3n) is 4.33. The van der Waals surface area contributed by atoms with Gasteiger partial charge >= 0.3 is 0 Å². The van der Waals surface area contributed by atoms with Crippen LogP contribution < -0.4 is 5.32 Å². The van der Waals surface area contributed by atoms with E-state index in [1.807, 2.05) is 16.8 Å². The molecule has 1 N–H and O–H groups in total. The zero-order valence-corrected chi connectivity index (χ0v) is 12.8. The molecule has 0 radical (unpaired) electrons. The lowest BCUT2D eigenvalue weighted by Gasteiger charge is -2.32. The fourth-order valence-electron chi connectivity index (χ4n) is 3.19. The molecular weight excluding hydrogens is 291 g/mol. The number of halogens is 1. The number of aromatic nitrogens is 3. The quantitative estimate of drug-likeness (QED) is 0.781. The van der Waals surface area contributed by atoms with Crippen LogP contribution in [-0.2, 0) is 0 Å². The van der Waals surface area contributed by atoms with Crippen molar-refractivity contribution < 1.29 is 4.39 Å². The molecule has 1 aliphatic rings. The number of nitrogens with zero attached hydrogens (tertiary/aromatic N) is 3. The van der Waals surface area contributed by atoms with E-state index < -0.39 is 0 Å². The summed E-state index contributed by atoms with van der Waals surface area (Å²) in [6.45, 7) is 2.09. The highest BCUT2D eigenvalue weighted by Gasteiger charge is 2.29. The van der Waals surface area contributed by atoms with E-state index in [1.54, 1.807) is 6.33 Å². The summed E-state index contributed by atoms with van der Waals surface area (Å²) in [7, 11) is 0. The molecule has 1 aliphatic heterocycles. The van der Waals surface area contributed by atoms with Gasteiger partial charge in [0.15, 0.2) is 0 Å². The van der Waals surface area contributed by atoms with E-state index in [0.717, 1.165) is 17.9 Å². The van der Waals surface area contributed by atoms with Gasteiger partial charge in [-0.05, 0) is 36.6 Å². The molecule has 0 unspecified atom stereocenters. The predicted octanol–water partition coefficient (Wildman–Crippen LogP) is 3.87. The normalized spacial score (nSPS) is 19.9. The van der Waals surface area contributed by atoms with E-state index in [-0.39, 0.29) is 17.9 Å². The minimum absolute atomic E-state index is 0.0813. The van der Waals surface area contributed by atoms with Crippen LogP contribution in [-0.4, -0.2) is 14.8 Å². The Labute approximate surface area is 134 Å². The van der Waals surface area contributed by atoms with Crippen molar-refractivity contribution in [3.8, 4) is 0 Å². The average molecular weight is 308 g/mol. The molecular formula is C18H17FN4. The molecule has 0 spiro atoms. The molecule has 0 fully saturated rings. The maximum atomic E-state index is 13.2. The van der Waals surface area contributed by atoms with Crippen LogP contribution in [0.15, 0.2) is 54.9 Å². The van der Waals surface area contributed by atoms with Crippen molar-refractivity contribution in [1.82, 2.24) is 14.8 Å². The molecule has 0 aliphatic carbocycles. The number of aryl methyl sites for hydroxylation is 1. The van der Waals surface area contributed by atoms with E-state index >= 15 is 0 Å². The Hall–Kier alpha value is -2.69. The van der Waals surface area contributed by atoms with Gasteiger partial charge in [-0.15, -0.1) is 0 Å². The van der Waals surface area contributed by atoms with Crippen molar-refractivity contribution in [2.24, 2.45) is 0 Å². The lowest BCUT2D eigenvalue weighted by molar-refractivity contribution is 0.430. The fourth-order valence-corrected chi connectivity index (χ4v) is 3.19. The second kappa shape index (κ2) is 5.50. The topological polar surface area (TPSA) is 42.7 Å². The second-order valence-corrected chi connectivity index (χ2v) is 5.94. The number of benzene rings is 2. The van der Waals surface area contributed by atoms with Gasteiger partial charge < -0.3 is 5.32 Å². The van der Waals surface area contributed by atoms with Crippen LogP contribution in [0, 0.1) is 12.7 Å². The van der Waals surface area contributed by atoms with Gasteiger partial charge in [0.05, 0.1) is 12.1 Å². The number of hydrogen-bond acceptors (Lipinski definition) is 3. The predicted molar refractivity (Wildman–Crippen MR) is 86.7 cm³/mol. The third-order valence-corrected chi connectivity index (χ3v) is 4.33. The lowest BCUT2D eigenvalue weighted by atomic mass is 9.93. The van der Waals surface area contributed by atoms with Crippen LogP contribution in [0.4, 0.5) is 10.3 Å². The van der Waals surface area contributed by atoms with Gasteiger partial charge in [-0.2, -0.15) is 10.1 Å². The van der Waals surface area contributed by atoms with E-state index in [1.165, 1.54) is 23.3 Å². The molecule has 0 saturated carbocycles. The Kier molecular flexibility index (Phi) is 3.33. The summed E-state index contributed by atoms with van der Waals surface area (Å²) >= 11 is 0. The molecule has 0 bridgehead atoms. The van der Waals surface area contributed by atoms with Crippen LogP contribution in [0.5, 0.6) is 0 Å². The van der Waals surface area contributed by atoms with Crippen LogP contribution >= 0.6 is 0 Å². The summed E-state index contributed by atoms with van der Waals surface area (Å²) in [5, 5.41) is 7.76. The molecule has 2 heterocycles. The van der Waals surface area contributed by atoms with Crippen LogP contribution in [0.2, 0.25) is 0 Å². The molecule has 2 aromatic carbocycles. The van der Waals surface area contributed by atoms with Gasteiger partial charge in [0.25, 0.3) is 0 Å². The van der Waals surface area contributed by atoms with E-state index in [2.05, 4.69) is 46.6 Å². The largest absolute Gasteiger partial charge is 0.348 e.